The molecule has 0 fully saturated rings. The van der Waals surface area contributed by atoms with Gasteiger partial charge in [-0.1, -0.05) is 6.92 Å². The van der Waals surface area contributed by atoms with Gasteiger partial charge in [0.05, 0.1) is 0 Å². The maximum absolute atomic E-state index is 3.19. The number of aryl methyl sites for hydroxylation is 1. The van der Waals surface area contributed by atoms with E-state index in [0.29, 0.717) is 0 Å². The Labute approximate surface area is 96.9 Å². The van der Waals surface area contributed by atoms with E-state index in [2.05, 4.69) is 25.1 Å². The molecule has 2 aromatic carbocycles. The van der Waals surface area contributed by atoms with Gasteiger partial charge in [-0.25, -0.2) is 11.1 Å². The van der Waals surface area contributed by atoms with Crippen LogP contribution in [0.3, 0.4) is 0 Å². The van der Waals surface area contributed by atoms with Gasteiger partial charge >= 0.3 is 18.6 Å². The second-order valence-electron chi connectivity index (χ2n) is 3.06. The third-order valence-corrected chi connectivity index (χ3v) is 1.96. The Hall–Kier alpha value is -0.976. The molecule has 0 aliphatic heterocycles. The minimum atomic E-state index is 0. The molecule has 0 aliphatic rings. The summed E-state index contributed by atoms with van der Waals surface area (Å²) in [5.41, 5.74) is 3.47. The zero-order valence-corrected chi connectivity index (χ0v) is 9.39. The molecule has 67 valence electrons. The van der Waals surface area contributed by atoms with Crippen molar-refractivity contribution in [3.05, 3.63) is 60.2 Å². The normalized spacial score (nSPS) is 9.21. The first-order valence-corrected chi connectivity index (χ1v) is 4.32. The van der Waals surface area contributed by atoms with Crippen LogP contribution in [0.2, 0.25) is 0 Å². The molecular weight excluding hydrogens is 207 g/mol. The fourth-order valence-electron chi connectivity index (χ4n) is 1.30. The van der Waals surface area contributed by atoms with Crippen LogP contribution in [0.5, 0.6) is 0 Å². The summed E-state index contributed by atoms with van der Waals surface area (Å²) in [6.07, 6.45) is 0. The molecule has 14 heavy (non-hydrogen) atoms. The average molecular weight is 217 g/mol. The van der Waals surface area contributed by atoms with Crippen molar-refractivity contribution in [2.75, 3.05) is 0 Å². The number of rotatable bonds is 1. The summed E-state index contributed by atoms with van der Waals surface area (Å²) in [4.78, 5) is 0. The molecular formula is C13H10V. The van der Waals surface area contributed by atoms with E-state index in [-0.39, 0.29) is 18.6 Å². The fourth-order valence-corrected chi connectivity index (χ4v) is 1.30. The molecule has 0 unspecified atom stereocenters. The molecule has 2 rings (SSSR count). The monoisotopic (exact) mass is 217 g/mol. The van der Waals surface area contributed by atoms with E-state index in [1.165, 1.54) is 5.56 Å². The van der Waals surface area contributed by atoms with Crippen LogP contribution >= 0.6 is 0 Å². The van der Waals surface area contributed by atoms with Crippen molar-refractivity contribution in [1.82, 2.24) is 0 Å². The maximum Gasteiger partial charge on any atom is 2.00 e. The smallest absolute Gasteiger partial charge is 0.226 e. The van der Waals surface area contributed by atoms with Gasteiger partial charge in [-0.15, -0.1) is 17.7 Å². The Morgan fingerprint density at radius 1 is 0.929 bits per heavy atom. The first-order chi connectivity index (χ1) is 6.36. The first-order valence-electron chi connectivity index (χ1n) is 4.32. The fraction of sp³-hybridized carbons (Fsp3) is 0.0769. The Balaban J connectivity index is 0.000000980. The third kappa shape index (κ3) is 2.51. The first kappa shape index (κ1) is 11.1. The number of hydrogen-bond acceptors (Lipinski definition) is 0. The van der Waals surface area contributed by atoms with E-state index in [1.807, 2.05) is 36.4 Å². The molecule has 1 heteroatoms. The standard InChI is InChI=1S/C13H10.V/c1-11-6-5-9-13(10-11)12-7-3-2-4-8-12;/h2-7,10H,1H3;/q-2;+2. The zero-order valence-electron chi connectivity index (χ0n) is 7.99. The van der Waals surface area contributed by atoms with Gasteiger partial charge in [0, 0.05) is 0 Å². The topological polar surface area (TPSA) is 0 Å². The largest absolute Gasteiger partial charge is 2.00 e. The molecule has 0 N–H and O–H groups in total. The van der Waals surface area contributed by atoms with Crippen LogP contribution in [0.4, 0.5) is 0 Å². The summed E-state index contributed by atoms with van der Waals surface area (Å²) in [5, 5.41) is 0. The van der Waals surface area contributed by atoms with Gasteiger partial charge in [0.1, 0.15) is 0 Å². The van der Waals surface area contributed by atoms with Crippen molar-refractivity contribution < 1.29 is 18.6 Å². The van der Waals surface area contributed by atoms with Gasteiger partial charge in [-0.2, -0.15) is 42.5 Å². The van der Waals surface area contributed by atoms with E-state index >= 15 is 0 Å². The van der Waals surface area contributed by atoms with Crippen LogP contribution < -0.4 is 0 Å². The minimum absolute atomic E-state index is 0. The zero-order chi connectivity index (χ0) is 9.10. The molecule has 0 nitrogen and oxygen atoms in total. The molecule has 0 spiro atoms. The van der Waals surface area contributed by atoms with Gasteiger partial charge in [0.25, 0.3) is 0 Å². The van der Waals surface area contributed by atoms with Gasteiger partial charge < -0.3 is 0 Å². The minimum Gasteiger partial charge on any atom is -0.226 e. The quantitative estimate of drug-likeness (QED) is 0.643. The van der Waals surface area contributed by atoms with Crippen molar-refractivity contribution in [3.63, 3.8) is 0 Å². The number of hydrogen-bond donors (Lipinski definition) is 0. The van der Waals surface area contributed by atoms with E-state index in [9.17, 15) is 0 Å². The molecule has 0 aromatic heterocycles. The van der Waals surface area contributed by atoms with Crippen molar-refractivity contribution in [2.45, 2.75) is 6.92 Å². The molecule has 0 saturated heterocycles. The van der Waals surface area contributed by atoms with Crippen LogP contribution in [0, 0.1) is 19.1 Å². The van der Waals surface area contributed by atoms with Crippen LogP contribution in [0.25, 0.3) is 11.1 Å². The summed E-state index contributed by atoms with van der Waals surface area (Å²) in [5.74, 6) is 0. The van der Waals surface area contributed by atoms with Crippen LogP contribution in [0.15, 0.2) is 42.5 Å². The molecule has 0 saturated carbocycles. The van der Waals surface area contributed by atoms with E-state index < -0.39 is 0 Å². The van der Waals surface area contributed by atoms with Crippen molar-refractivity contribution in [2.24, 2.45) is 0 Å². The van der Waals surface area contributed by atoms with Gasteiger partial charge in [-0.3, -0.25) is 0 Å². The van der Waals surface area contributed by atoms with Crippen LogP contribution in [-0.4, -0.2) is 0 Å². The third-order valence-electron chi connectivity index (χ3n) is 1.96. The summed E-state index contributed by atoms with van der Waals surface area (Å²) >= 11 is 0. The van der Waals surface area contributed by atoms with Crippen LogP contribution in [-0.2, 0) is 18.6 Å². The predicted octanol–water partition coefficient (Wildman–Crippen LogP) is 3.26. The molecule has 0 aliphatic carbocycles. The molecule has 0 heterocycles. The summed E-state index contributed by atoms with van der Waals surface area (Å²) < 4.78 is 0. The summed E-state index contributed by atoms with van der Waals surface area (Å²) in [6, 6.07) is 20.4. The van der Waals surface area contributed by atoms with Gasteiger partial charge in [-0.05, 0) is 0 Å². The SMILES string of the molecule is Cc1cc[c-]c(-c2[c-]cccc2)c1.[V+2]. The van der Waals surface area contributed by atoms with E-state index in [0.717, 1.165) is 11.1 Å². The number of benzene rings is 2. The maximum atomic E-state index is 3.19. The molecule has 2 aromatic rings. The van der Waals surface area contributed by atoms with E-state index in [4.69, 9.17) is 0 Å². The Bertz CT molecular complexity index is 393. The average Bonchev–Trinajstić information content (AvgIpc) is 2.19. The Morgan fingerprint density at radius 3 is 2.36 bits per heavy atom. The molecule has 0 atom stereocenters. The second kappa shape index (κ2) is 5.04. The summed E-state index contributed by atoms with van der Waals surface area (Å²) in [6.45, 7) is 2.08. The van der Waals surface area contributed by atoms with E-state index in [1.54, 1.807) is 0 Å². The van der Waals surface area contributed by atoms with Crippen LogP contribution in [0.1, 0.15) is 5.56 Å². The van der Waals surface area contributed by atoms with Gasteiger partial charge in [0.2, 0.25) is 0 Å². The molecule has 0 bridgehead atoms. The summed E-state index contributed by atoms with van der Waals surface area (Å²) in [7, 11) is 0. The van der Waals surface area contributed by atoms with Gasteiger partial charge in [0.15, 0.2) is 0 Å². The predicted molar refractivity (Wildman–Crippen MR) is 54.3 cm³/mol. The second-order valence-corrected chi connectivity index (χ2v) is 3.06. The molecule has 0 amide bonds. The Morgan fingerprint density at radius 2 is 1.71 bits per heavy atom. The van der Waals surface area contributed by atoms with Crippen molar-refractivity contribution in [1.29, 1.82) is 0 Å². The Kier molecular flexibility index (Phi) is 4.00. The van der Waals surface area contributed by atoms with Crippen molar-refractivity contribution >= 4 is 0 Å². The molecule has 1 radical (unpaired) electrons. The van der Waals surface area contributed by atoms with Crippen molar-refractivity contribution in [3.8, 4) is 11.1 Å².